The predicted molar refractivity (Wildman–Crippen MR) is 138 cm³/mol. The van der Waals surface area contributed by atoms with Gasteiger partial charge in [-0.05, 0) is 74.8 Å². The number of hydrogen-bond acceptors (Lipinski definition) is 8. The van der Waals surface area contributed by atoms with Crippen LogP contribution in [-0.2, 0) is 10.0 Å². The quantitative estimate of drug-likeness (QED) is 0.376. The maximum absolute atomic E-state index is 13.4. The van der Waals surface area contributed by atoms with Crippen LogP contribution < -0.4 is 19.7 Å². The molecule has 36 heavy (non-hydrogen) atoms. The Morgan fingerprint density at radius 3 is 2.56 bits per heavy atom. The number of nitrogens with zero attached hydrogens (tertiary/aromatic N) is 2. The van der Waals surface area contributed by atoms with Gasteiger partial charge in [0.05, 0.1) is 35.4 Å². The Kier molecular flexibility index (Phi) is 7.72. The second kappa shape index (κ2) is 10.6. The van der Waals surface area contributed by atoms with Crippen molar-refractivity contribution >= 4 is 33.1 Å². The van der Waals surface area contributed by atoms with Gasteiger partial charge in [-0.15, -0.1) is 0 Å². The van der Waals surface area contributed by atoms with E-state index in [1.54, 1.807) is 37.3 Å². The van der Waals surface area contributed by atoms with Crippen LogP contribution in [0.2, 0.25) is 0 Å². The Hall–Kier alpha value is -2.89. The van der Waals surface area contributed by atoms with Crippen LogP contribution in [0.1, 0.15) is 48.5 Å². The van der Waals surface area contributed by atoms with Crippen molar-refractivity contribution in [1.29, 1.82) is 0 Å². The fraction of sp³-hybridized carbons (Fsp3) is 0.520. The van der Waals surface area contributed by atoms with Crippen LogP contribution in [0.5, 0.6) is 5.88 Å². The molecule has 2 heterocycles. The molecular weight excluding hydrogens is 484 g/mol. The molecule has 1 spiro atoms. The van der Waals surface area contributed by atoms with E-state index in [-0.39, 0.29) is 12.5 Å². The summed E-state index contributed by atoms with van der Waals surface area (Å²) in [5, 5.41) is 21.4. The lowest BCUT2D eigenvalue weighted by Gasteiger charge is -2.35. The second-order valence-electron chi connectivity index (χ2n) is 9.85. The number of carbonyl (C=O) groups is 1. The molecule has 2 aliphatic rings. The third-order valence-corrected chi connectivity index (χ3v) is 7.92. The molecule has 2 aromatic rings. The fourth-order valence-corrected chi connectivity index (χ4v) is 5.29. The standard InChI is InChI=1S/C25H34N4O6S/c1-17-13-22(26-23(14-17)35-16-18(2)31)27-24(32)20-4-3-19(28-36(33,34)12-11-30)15-21(20)29-9-7-25(5-6-25)8-10-29/h3-4,13-15,18,28,30-31H,5-12,16H2,1-2H3,(H,26,27,32). The Labute approximate surface area is 211 Å². The Morgan fingerprint density at radius 2 is 1.92 bits per heavy atom. The monoisotopic (exact) mass is 518 g/mol. The van der Waals surface area contributed by atoms with Crippen molar-refractivity contribution in [2.24, 2.45) is 5.41 Å². The minimum Gasteiger partial charge on any atom is -0.475 e. The summed E-state index contributed by atoms with van der Waals surface area (Å²) in [4.78, 5) is 19.8. The number of ether oxygens (including phenoxy) is 1. The van der Waals surface area contributed by atoms with E-state index >= 15 is 0 Å². The lowest BCUT2D eigenvalue weighted by Crippen LogP contribution is -2.35. The number of rotatable bonds is 10. The first-order valence-electron chi connectivity index (χ1n) is 12.2. The summed E-state index contributed by atoms with van der Waals surface area (Å²) in [5.74, 6) is -0.170. The smallest absolute Gasteiger partial charge is 0.258 e. The molecule has 0 bridgehead atoms. The van der Waals surface area contributed by atoms with Gasteiger partial charge in [0.15, 0.2) is 0 Å². The van der Waals surface area contributed by atoms with Crippen LogP contribution in [0, 0.1) is 12.3 Å². The summed E-state index contributed by atoms with van der Waals surface area (Å²) in [6.07, 6.45) is 3.91. The Morgan fingerprint density at radius 1 is 1.19 bits per heavy atom. The molecule has 4 N–H and O–H groups in total. The van der Waals surface area contributed by atoms with Gasteiger partial charge in [-0.3, -0.25) is 9.52 Å². The number of hydrogen-bond donors (Lipinski definition) is 4. The number of aliphatic hydroxyl groups is 2. The summed E-state index contributed by atoms with van der Waals surface area (Å²) in [5.41, 5.74) is 2.66. The topological polar surface area (TPSA) is 141 Å². The molecule has 10 nitrogen and oxygen atoms in total. The molecule has 1 unspecified atom stereocenters. The largest absolute Gasteiger partial charge is 0.475 e. The van der Waals surface area contributed by atoms with E-state index in [1.807, 2.05) is 6.92 Å². The highest BCUT2D eigenvalue weighted by atomic mass is 32.2. The van der Waals surface area contributed by atoms with Gasteiger partial charge < -0.3 is 25.2 Å². The molecule has 1 aromatic heterocycles. The minimum absolute atomic E-state index is 0.0814. The lowest BCUT2D eigenvalue weighted by atomic mass is 9.93. The molecule has 1 saturated heterocycles. The highest BCUT2D eigenvalue weighted by Gasteiger charge is 2.44. The molecule has 1 aliphatic carbocycles. The van der Waals surface area contributed by atoms with E-state index in [1.165, 1.54) is 12.8 Å². The van der Waals surface area contributed by atoms with E-state index in [0.717, 1.165) is 31.5 Å². The van der Waals surface area contributed by atoms with Gasteiger partial charge in [0.1, 0.15) is 12.4 Å². The summed E-state index contributed by atoms with van der Waals surface area (Å²) in [6, 6.07) is 8.26. The maximum Gasteiger partial charge on any atom is 0.258 e. The third-order valence-electron chi connectivity index (χ3n) is 6.66. The summed E-state index contributed by atoms with van der Waals surface area (Å²) in [7, 11) is -3.70. The van der Waals surface area contributed by atoms with Gasteiger partial charge in [0, 0.05) is 19.2 Å². The van der Waals surface area contributed by atoms with E-state index in [2.05, 4.69) is 19.9 Å². The molecule has 196 valence electrons. The highest BCUT2D eigenvalue weighted by molar-refractivity contribution is 7.92. The molecule has 0 radical (unpaired) electrons. The average Bonchev–Trinajstić information content (AvgIpc) is 3.56. The Bertz CT molecular complexity index is 1200. The number of anilines is 3. The number of sulfonamides is 1. The van der Waals surface area contributed by atoms with Gasteiger partial charge >= 0.3 is 0 Å². The number of aryl methyl sites for hydroxylation is 1. The maximum atomic E-state index is 13.4. The van der Waals surface area contributed by atoms with Crippen molar-refractivity contribution < 1.29 is 28.2 Å². The lowest BCUT2D eigenvalue weighted by molar-refractivity contribution is 0.102. The number of carbonyl (C=O) groups excluding carboxylic acids is 1. The van der Waals surface area contributed by atoms with Crippen LogP contribution in [0.25, 0.3) is 0 Å². The molecule has 1 aliphatic heterocycles. The summed E-state index contributed by atoms with van der Waals surface area (Å²) in [6.45, 7) is 4.63. The van der Waals surface area contributed by atoms with E-state index in [9.17, 15) is 18.3 Å². The number of aliphatic hydroxyl groups excluding tert-OH is 2. The molecule has 2 fully saturated rings. The van der Waals surface area contributed by atoms with Crippen LogP contribution >= 0.6 is 0 Å². The highest BCUT2D eigenvalue weighted by Crippen LogP contribution is 2.54. The fourth-order valence-electron chi connectivity index (χ4n) is 4.46. The van der Waals surface area contributed by atoms with E-state index in [0.29, 0.717) is 34.1 Å². The zero-order valence-electron chi connectivity index (χ0n) is 20.7. The van der Waals surface area contributed by atoms with Gasteiger partial charge in [0.25, 0.3) is 5.91 Å². The SMILES string of the molecule is Cc1cc(NC(=O)c2ccc(NS(=O)(=O)CCO)cc2N2CCC3(CC2)CC3)nc(OCC(C)O)c1. The van der Waals surface area contributed by atoms with Gasteiger partial charge in [-0.1, -0.05) is 0 Å². The number of nitrogens with one attached hydrogen (secondary N) is 2. The first-order valence-corrected chi connectivity index (χ1v) is 13.8. The van der Waals surface area contributed by atoms with Gasteiger partial charge in [-0.25, -0.2) is 8.42 Å². The predicted octanol–water partition coefficient (Wildman–Crippen LogP) is 2.52. The van der Waals surface area contributed by atoms with Crippen molar-refractivity contribution in [3.05, 3.63) is 41.5 Å². The molecule has 1 aromatic carbocycles. The van der Waals surface area contributed by atoms with E-state index < -0.39 is 28.5 Å². The third kappa shape index (κ3) is 6.65. The average molecular weight is 519 g/mol. The van der Waals surface area contributed by atoms with Crippen LogP contribution in [0.15, 0.2) is 30.3 Å². The zero-order chi connectivity index (χ0) is 25.9. The van der Waals surface area contributed by atoms with Crippen LogP contribution in [0.3, 0.4) is 0 Å². The van der Waals surface area contributed by atoms with Gasteiger partial charge in [0.2, 0.25) is 15.9 Å². The van der Waals surface area contributed by atoms with Crippen molar-refractivity contribution in [2.75, 3.05) is 47.0 Å². The van der Waals surface area contributed by atoms with E-state index in [4.69, 9.17) is 9.84 Å². The number of piperidine rings is 1. The number of pyridine rings is 1. The normalized spacial score (nSPS) is 17.5. The molecule has 1 atom stereocenters. The van der Waals surface area contributed by atoms with Crippen molar-refractivity contribution in [2.45, 2.75) is 45.6 Å². The molecule has 1 amide bonds. The van der Waals surface area contributed by atoms with Crippen molar-refractivity contribution in [1.82, 2.24) is 4.98 Å². The summed E-state index contributed by atoms with van der Waals surface area (Å²) < 4.78 is 32.4. The second-order valence-corrected chi connectivity index (χ2v) is 11.7. The summed E-state index contributed by atoms with van der Waals surface area (Å²) >= 11 is 0. The zero-order valence-corrected chi connectivity index (χ0v) is 21.5. The first-order chi connectivity index (χ1) is 17.1. The van der Waals surface area contributed by atoms with Gasteiger partial charge in [-0.2, -0.15) is 4.98 Å². The number of amides is 1. The Balaban J connectivity index is 1.59. The first kappa shape index (κ1) is 26.2. The van der Waals surface area contributed by atoms with Crippen LogP contribution in [-0.4, -0.2) is 67.7 Å². The van der Waals surface area contributed by atoms with Crippen LogP contribution in [0.4, 0.5) is 17.2 Å². The minimum atomic E-state index is -3.70. The molecule has 4 rings (SSSR count). The number of benzene rings is 1. The van der Waals surface area contributed by atoms with Crippen molar-refractivity contribution in [3.8, 4) is 5.88 Å². The molecule has 1 saturated carbocycles. The molecular formula is C25H34N4O6S. The molecule has 11 heteroatoms. The van der Waals surface area contributed by atoms with Crippen molar-refractivity contribution in [3.63, 3.8) is 0 Å². The number of aromatic nitrogens is 1.